The van der Waals surface area contributed by atoms with Gasteiger partial charge in [-0.3, -0.25) is 0 Å². The van der Waals surface area contributed by atoms with Crippen molar-refractivity contribution < 1.29 is 0 Å². The fraction of sp³-hybridized carbons (Fsp3) is 0.125. The summed E-state index contributed by atoms with van der Waals surface area (Å²) in [5.41, 5.74) is 3.88. The van der Waals surface area contributed by atoms with Crippen LogP contribution in [0.15, 0.2) is 59.2 Å². The van der Waals surface area contributed by atoms with Crippen LogP contribution in [-0.4, -0.2) is 4.57 Å². The van der Waals surface area contributed by atoms with E-state index in [1.165, 1.54) is 26.5 Å². The van der Waals surface area contributed by atoms with E-state index in [0.29, 0.717) is 0 Å². The molecule has 0 saturated carbocycles. The third-order valence-corrected chi connectivity index (χ3v) is 4.10. The Balaban J connectivity index is 2.05. The number of rotatable bonds is 2. The van der Waals surface area contributed by atoms with Crippen LogP contribution in [0.5, 0.6) is 0 Å². The molecule has 0 aliphatic heterocycles. The standard InChI is InChI=1S/C16H14BrN/c1-12-9-14-7-8-18(16(14)10-15(12)17)11-13-5-3-2-4-6-13/h2-10H,11H2,1H3. The van der Waals surface area contributed by atoms with Crippen LogP contribution in [0.4, 0.5) is 0 Å². The molecule has 1 heterocycles. The lowest BCUT2D eigenvalue weighted by Crippen LogP contribution is -1.97. The predicted molar refractivity (Wildman–Crippen MR) is 79.9 cm³/mol. The maximum atomic E-state index is 3.61. The van der Waals surface area contributed by atoms with Gasteiger partial charge in [0, 0.05) is 22.7 Å². The fourth-order valence-electron chi connectivity index (χ4n) is 2.24. The summed E-state index contributed by atoms with van der Waals surface area (Å²) in [5, 5.41) is 1.30. The summed E-state index contributed by atoms with van der Waals surface area (Å²) in [7, 11) is 0. The number of hydrogen-bond donors (Lipinski definition) is 0. The lowest BCUT2D eigenvalue weighted by Gasteiger charge is -2.07. The van der Waals surface area contributed by atoms with Crippen molar-refractivity contribution in [2.75, 3.05) is 0 Å². The predicted octanol–water partition coefficient (Wildman–Crippen LogP) is 4.76. The molecule has 2 heteroatoms. The SMILES string of the molecule is Cc1cc2ccn(Cc3ccccc3)c2cc1Br. The first kappa shape index (κ1) is 11.5. The normalized spacial score (nSPS) is 11.0. The second-order valence-corrected chi connectivity index (χ2v) is 5.44. The lowest BCUT2D eigenvalue weighted by molar-refractivity contribution is 0.836. The Kier molecular flexibility index (Phi) is 2.96. The third kappa shape index (κ3) is 2.08. The van der Waals surface area contributed by atoms with Crippen LogP contribution < -0.4 is 0 Å². The first-order chi connectivity index (χ1) is 8.74. The summed E-state index contributed by atoms with van der Waals surface area (Å²) < 4.78 is 3.46. The minimum absolute atomic E-state index is 0.917. The van der Waals surface area contributed by atoms with Crippen molar-refractivity contribution in [1.82, 2.24) is 4.57 Å². The molecule has 0 atom stereocenters. The molecule has 0 bridgehead atoms. The zero-order chi connectivity index (χ0) is 12.5. The summed E-state index contributed by atoms with van der Waals surface area (Å²) in [4.78, 5) is 0. The molecule has 3 rings (SSSR count). The molecule has 1 aromatic heterocycles. The van der Waals surface area contributed by atoms with Gasteiger partial charge in [0.05, 0.1) is 0 Å². The maximum Gasteiger partial charge on any atom is 0.0494 e. The number of aromatic nitrogens is 1. The van der Waals surface area contributed by atoms with Gasteiger partial charge in [0.1, 0.15) is 0 Å². The van der Waals surface area contributed by atoms with E-state index < -0.39 is 0 Å². The van der Waals surface area contributed by atoms with E-state index in [2.05, 4.69) is 82.1 Å². The van der Waals surface area contributed by atoms with Crippen molar-refractivity contribution in [3.63, 3.8) is 0 Å². The molecule has 0 aliphatic carbocycles. The number of fused-ring (bicyclic) bond motifs is 1. The van der Waals surface area contributed by atoms with Crippen molar-refractivity contribution in [3.05, 3.63) is 70.3 Å². The summed E-state index contributed by atoms with van der Waals surface area (Å²) in [6.07, 6.45) is 2.16. The van der Waals surface area contributed by atoms with Crippen molar-refractivity contribution >= 4 is 26.8 Å². The summed E-state index contributed by atoms with van der Waals surface area (Å²) >= 11 is 3.61. The molecular weight excluding hydrogens is 286 g/mol. The van der Waals surface area contributed by atoms with E-state index in [9.17, 15) is 0 Å². The molecule has 0 amide bonds. The van der Waals surface area contributed by atoms with Crippen LogP contribution in [0.2, 0.25) is 0 Å². The lowest BCUT2D eigenvalue weighted by atomic mass is 10.2. The second-order valence-electron chi connectivity index (χ2n) is 4.59. The average molecular weight is 300 g/mol. The third-order valence-electron chi connectivity index (χ3n) is 3.25. The van der Waals surface area contributed by atoms with Crippen LogP contribution in [-0.2, 0) is 6.54 Å². The fourth-order valence-corrected chi connectivity index (χ4v) is 2.58. The van der Waals surface area contributed by atoms with Crippen LogP contribution in [0.1, 0.15) is 11.1 Å². The van der Waals surface area contributed by atoms with Gasteiger partial charge in [-0.15, -0.1) is 0 Å². The second kappa shape index (κ2) is 4.62. The molecule has 0 fully saturated rings. The molecule has 90 valence electrons. The van der Waals surface area contributed by atoms with Crippen molar-refractivity contribution in [1.29, 1.82) is 0 Å². The highest BCUT2D eigenvalue weighted by molar-refractivity contribution is 9.10. The largest absolute Gasteiger partial charge is 0.343 e. The first-order valence-electron chi connectivity index (χ1n) is 6.03. The van der Waals surface area contributed by atoms with Gasteiger partial charge in [-0.1, -0.05) is 46.3 Å². The number of benzene rings is 2. The van der Waals surface area contributed by atoms with E-state index in [1.54, 1.807) is 0 Å². The van der Waals surface area contributed by atoms with E-state index in [4.69, 9.17) is 0 Å². The van der Waals surface area contributed by atoms with Crippen LogP contribution in [0.25, 0.3) is 10.9 Å². The Hall–Kier alpha value is -1.54. The quantitative estimate of drug-likeness (QED) is 0.643. The zero-order valence-corrected chi connectivity index (χ0v) is 11.8. The number of aryl methyl sites for hydroxylation is 1. The summed E-state index contributed by atoms with van der Waals surface area (Å²) in [6.45, 7) is 3.04. The summed E-state index contributed by atoms with van der Waals surface area (Å²) in [6, 6.07) is 17.1. The van der Waals surface area contributed by atoms with Crippen LogP contribution >= 0.6 is 15.9 Å². The Morgan fingerprint density at radius 1 is 1.06 bits per heavy atom. The molecule has 18 heavy (non-hydrogen) atoms. The minimum Gasteiger partial charge on any atom is -0.343 e. The molecule has 0 saturated heterocycles. The van der Waals surface area contributed by atoms with Crippen molar-refractivity contribution in [3.8, 4) is 0 Å². The summed E-state index contributed by atoms with van der Waals surface area (Å²) in [5.74, 6) is 0. The molecule has 0 aliphatic rings. The molecule has 0 unspecified atom stereocenters. The van der Waals surface area contributed by atoms with E-state index in [-0.39, 0.29) is 0 Å². The Labute approximate surface area is 115 Å². The smallest absolute Gasteiger partial charge is 0.0494 e. The Bertz CT molecular complexity index is 683. The highest BCUT2D eigenvalue weighted by Gasteiger charge is 2.04. The molecule has 3 aromatic rings. The number of hydrogen-bond acceptors (Lipinski definition) is 0. The Morgan fingerprint density at radius 3 is 2.61 bits per heavy atom. The minimum atomic E-state index is 0.917. The van der Waals surface area contributed by atoms with Crippen molar-refractivity contribution in [2.24, 2.45) is 0 Å². The van der Waals surface area contributed by atoms with Gasteiger partial charge in [-0.25, -0.2) is 0 Å². The van der Waals surface area contributed by atoms with Gasteiger partial charge >= 0.3 is 0 Å². The number of nitrogens with zero attached hydrogens (tertiary/aromatic N) is 1. The van der Waals surface area contributed by atoms with Crippen molar-refractivity contribution in [2.45, 2.75) is 13.5 Å². The molecule has 0 spiro atoms. The molecule has 0 radical (unpaired) electrons. The highest BCUT2D eigenvalue weighted by atomic mass is 79.9. The molecule has 2 aromatic carbocycles. The highest BCUT2D eigenvalue weighted by Crippen LogP contribution is 2.25. The van der Waals surface area contributed by atoms with E-state index in [1.807, 2.05) is 0 Å². The topological polar surface area (TPSA) is 4.93 Å². The van der Waals surface area contributed by atoms with Gasteiger partial charge in [0.25, 0.3) is 0 Å². The number of halogens is 1. The van der Waals surface area contributed by atoms with Gasteiger partial charge < -0.3 is 4.57 Å². The van der Waals surface area contributed by atoms with Gasteiger partial charge in [0.15, 0.2) is 0 Å². The Morgan fingerprint density at radius 2 is 1.83 bits per heavy atom. The molecule has 0 N–H and O–H groups in total. The monoisotopic (exact) mass is 299 g/mol. The average Bonchev–Trinajstić information content (AvgIpc) is 2.74. The molecule has 1 nitrogen and oxygen atoms in total. The molecular formula is C16H14BrN. The van der Waals surface area contributed by atoms with Gasteiger partial charge in [0.2, 0.25) is 0 Å². The van der Waals surface area contributed by atoms with Crippen LogP contribution in [0.3, 0.4) is 0 Å². The van der Waals surface area contributed by atoms with Gasteiger partial charge in [-0.2, -0.15) is 0 Å². The zero-order valence-electron chi connectivity index (χ0n) is 10.2. The van der Waals surface area contributed by atoms with E-state index >= 15 is 0 Å². The van der Waals surface area contributed by atoms with Gasteiger partial charge in [-0.05, 0) is 41.6 Å². The maximum absolute atomic E-state index is 3.61. The first-order valence-corrected chi connectivity index (χ1v) is 6.82. The van der Waals surface area contributed by atoms with Crippen LogP contribution in [0, 0.1) is 6.92 Å². The van der Waals surface area contributed by atoms with E-state index in [0.717, 1.165) is 6.54 Å².